The predicted molar refractivity (Wildman–Crippen MR) is 85.2 cm³/mol. The van der Waals surface area contributed by atoms with E-state index in [2.05, 4.69) is 9.69 Å². The summed E-state index contributed by atoms with van der Waals surface area (Å²) in [5, 5.41) is 12.0. The maximum absolute atomic E-state index is 11.9. The van der Waals surface area contributed by atoms with Gasteiger partial charge in [0.25, 0.3) is 5.91 Å². The van der Waals surface area contributed by atoms with Crippen molar-refractivity contribution in [3.8, 4) is 0 Å². The number of aliphatic carboxylic acids is 1. The largest absolute Gasteiger partial charge is 0.481 e. The normalized spacial score (nSPS) is 11.9. The summed E-state index contributed by atoms with van der Waals surface area (Å²) in [6.07, 6.45) is 0.381. The molecule has 1 atom stereocenters. The number of carbonyl (C=O) groups excluding carboxylic acids is 1. The molecule has 1 aromatic heterocycles. The first kappa shape index (κ1) is 16.2. The van der Waals surface area contributed by atoms with E-state index in [1.807, 2.05) is 38.1 Å². The number of aromatic nitrogens is 1. The van der Waals surface area contributed by atoms with E-state index >= 15 is 0 Å². The second-order valence-corrected chi connectivity index (χ2v) is 6.27. The molecule has 2 N–H and O–H groups in total. The average Bonchev–Trinajstić information content (AvgIpc) is 2.91. The molecule has 0 aliphatic rings. The summed E-state index contributed by atoms with van der Waals surface area (Å²) in [6.45, 7) is 3.93. The van der Waals surface area contributed by atoms with Crippen molar-refractivity contribution in [2.24, 2.45) is 5.92 Å². The van der Waals surface area contributed by atoms with E-state index in [1.54, 1.807) is 6.07 Å². The van der Waals surface area contributed by atoms with Crippen LogP contribution in [0.3, 0.4) is 0 Å². The smallest absolute Gasteiger partial charge is 0.308 e. The van der Waals surface area contributed by atoms with E-state index in [0.717, 1.165) is 16.0 Å². The summed E-state index contributed by atoms with van der Waals surface area (Å²) < 4.78 is 4.01. The van der Waals surface area contributed by atoms with Gasteiger partial charge in [-0.3, -0.25) is 9.59 Å². The highest BCUT2D eigenvalue weighted by molar-refractivity contribution is 7.05. The molecule has 0 saturated heterocycles. The van der Waals surface area contributed by atoms with Crippen molar-refractivity contribution in [1.29, 1.82) is 0 Å². The molecule has 2 rings (SSSR count). The molecule has 0 fully saturated rings. The minimum Gasteiger partial charge on any atom is -0.481 e. The third kappa shape index (κ3) is 4.39. The fraction of sp³-hybridized carbons (Fsp3) is 0.312. The molecule has 0 bridgehead atoms. The molecule has 2 aromatic rings. The van der Waals surface area contributed by atoms with Gasteiger partial charge in [-0.05, 0) is 43.4 Å². The van der Waals surface area contributed by atoms with Crippen molar-refractivity contribution in [1.82, 2.24) is 9.69 Å². The molecule has 1 aromatic carbocycles. The lowest BCUT2D eigenvalue weighted by atomic mass is 9.98. The molecule has 0 spiro atoms. The molecule has 0 radical (unpaired) electrons. The molecule has 0 saturated carbocycles. The highest BCUT2D eigenvalue weighted by Gasteiger charge is 2.20. The number of hydrogen-bond acceptors (Lipinski definition) is 4. The van der Waals surface area contributed by atoms with Gasteiger partial charge in [0.05, 0.1) is 5.92 Å². The number of rotatable bonds is 6. The Labute approximate surface area is 133 Å². The standard InChI is InChI=1S/C16H18N2O3S/c1-10-3-5-12(6-4-10)8-13(16(20)21)9-17-15(19)14-7-11(2)22-18-14/h3-7,13H,8-9H2,1-2H3,(H,17,19)(H,20,21). The van der Waals surface area contributed by atoms with Crippen LogP contribution >= 0.6 is 11.5 Å². The lowest BCUT2D eigenvalue weighted by Crippen LogP contribution is -2.34. The number of nitrogens with one attached hydrogen (secondary N) is 1. The van der Waals surface area contributed by atoms with Gasteiger partial charge in [0.2, 0.25) is 0 Å². The van der Waals surface area contributed by atoms with E-state index in [0.29, 0.717) is 12.1 Å². The first-order valence-corrected chi connectivity index (χ1v) is 7.73. The van der Waals surface area contributed by atoms with Crippen molar-refractivity contribution in [3.05, 3.63) is 52.0 Å². The number of nitrogens with zero attached hydrogens (tertiary/aromatic N) is 1. The zero-order valence-corrected chi connectivity index (χ0v) is 13.3. The fourth-order valence-corrected chi connectivity index (χ4v) is 2.58. The van der Waals surface area contributed by atoms with Gasteiger partial charge in [0.15, 0.2) is 0 Å². The number of carboxylic acid groups (broad SMARTS) is 1. The molecular formula is C16H18N2O3S. The Hall–Kier alpha value is -2.21. The average molecular weight is 318 g/mol. The van der Waals surface area contributed by atoms with Gasteiger partial charge in [-0.2, -0.15) is 4.37 Å². The molecule has 116 valence electrons. The molecule has 0 aliphatic heterocycles. The molecule has 5 nitrogen and oxygen atoms in total. The van der Waals surface area contributed by atoms with Crippen LogP contribution < -0.4 is 5.32 Å². The Morgan fingerprint density at radius 2 is 1.95 bits per heavy atom. The van der Waals surface area contributed by atoms with Crippen molar-refractivity contribution < 1.29 is 14.7 Å². The van der Waals surface area contributed by atoms with Crippen LogP contribution in [0, 0.1) is 19.8 Å². The van der Waals surface area contributed by atoms with Crippen molar-refractivity contribution in [2.75, 3.05) is 6.54 Å². The Morgan fingerprint density at radius 3 is 2.50 bits per heavy atom. The highest BCUT2D eigenvalue weighted by atomic mass is 32.1. The lowest BCUT2D eigenvalue weighted by molar-refractivity contribution is -0.141. The zero-order chi connectivity index (χ0) is 16.1. The van der Waals surface area contributed by atoms with Gasteiger partial charge in [0, 0.05) is 11.4 Å². The van der Waals surface area contributed by atoms with Gasteiger partial charge in [-0.25, -0.2) is 0 Å². The van der Waals surface area contributed by atoms with E-state index in [1.165, 1.54) is 11.5 Å². The topological polar surface area (TPSA) is 79.3 Å². The first-order valence-electron chi connectivity index (χ1n) is 6.95. The Balaban J connectivity index is 1.95. The van der Waals surface area contributed by atoms with Crippen LogP contribution in [0.2, 0.25) is 0 Å². The van der Waals surface area contributed by atoms with Gasteiger partial charge in [-0.1, -0.05) is 29.8 Å². The van der Waals surface area contributed by atoms with E-state index in [4.69, 9.17) is 0 Å². The third-order valence-corrected chi connectivity index (χ3v) is 4.02. The minimum absolute atomic E-state index is 0.0820. The van der Waals surface area contributed by atoms with Crippen molar-refractivity contribution in [3.63, 3.8) is 0 Å². The summed E-state index contributed by atoms with van der Waals surface area (Å²) in [5.74, 6) is -1.92. The van der Waals surface area contributed by atoms with E-state index < -0.39 is 11.9 Å². The molecule has 0 aliphatic carbocycles. The fourth-order valence-electron chi connectivity index (χ4n) is 2.04. The van der Waals surface area contributed by atoms with Crippen LogP contribution in [0.1, 0.15) is 26.5 Å². The number of hydrogen-bond donors (Lipinski definition) is 2. The van der Waals surface area contributed by atoms with Crippen molar-refractivity contribution >= 4 is 23.4 Å². The molecule has 6 heteroatoms. The summed E-state index contributed by atoms with van der Waals surface area (Å²) in [7, 11) is 0. The van der Waals surface area contributed by atoms with Gasteiger partial charge in [-0.15, -0.1) is 0 Å². The van der Waals surface area contributed by atoms with Gasteiger partial charge in [0.1, 0.15) is 5.69 Å². The Morgan fingerprint density at radius 1 is 1.27 bits per heavy atom. The second kappa shape index (κ2) is 7.17. The first-order chi connectivity index (χ1) is 10.5. The Bertz CT molecular complexity index is 664. The quantitative estimate of drug-likeness (QED) is 0.857. The minimum atomic E-state index is -0.921. The molecule has 1 heterocycles. The summed E-state index contributed by atoms with van der Waals surface area (Å²) >= 11 is 1.25. The van der Waals surface area contributed by atoms with E-state index in [-0.39, 0.29) is 12.5 Å². The van der Waals surface area contributed by atoms with Crippen molar-refractivity contribution in [2.45, 2.75) is 20.3 Å². The van der Waals surface area contributed by atoms with Crippen LogP contribution in [0.4, 0.5) is 0 Å². The van der Waals surface area contributed by atoms with Crippen LogP contribution in [-0.2, 0) is 11.2 Å². The maximum atomic E-state index is 11.9. The van der Waals surface area contributed by atoms with Gasteiger partial charge < -0.3 is 10.4 Å². The van der Waals surface area contributed by atoms with Crippen LogP contribution in [0.5, 0.6) is 0 Å². The molecule has 1 unspecified atom stereocenters. The number of aryl methyl sites for hydroxylation is 2. The number of carboxylic acids is 1. The number of carbonyl (C=O) groups is 2. The van der Waals surface area contributed by atoms with Crippen LogP contribution in [0.25, 0.3) is 0 Å². The number of benzene rings is 1. The number of amides is 1. The SMILES string of the molecule is Cc1ccc(CC(CNC(=O)c2cc(C)sn2)C(=O)O)cc1. The Kier molecular flexibility index (Phi) is 5.27. The van der Waals surface area contributed by atoms with E-state index in [9.17, 15) is 14.7 Å². The zero-order valence-electron chi connectivity index (χ0n) is 12.5. The van der Waals surface area contributed by atoms with Crippen LogP contribution in [-0.4, -0.2) is 27.9 Å². The monoisotopic (exact) mass is 318 g/mol. The van der Waals surface area contributed by atoms with Crippen LogP contribution in [0.15, 0.2) is 30.3 Å². The second-order valence-electron chi connectivity index (χ2n) is 5.26. The van der Waals surface area contributed by atoms with Gasteiger partial charge >= 0.3 is 5.97 Å². The maximum Gasteiger partial charge on any atom is 0.308 e. The molecule has 22 heavy (non-hydrogen) atoms. The predicted octanol–water partition coefficient (Wildman–Crippen LogP) is 2.43. The highest BCUT2D eigenvalue weighted by Crippen LogP contribution is 2.11. The summed E-state index contributed by atoms with van der Waals surface area (Å²) in [4.78, 5) is 24.2. The summed E-state index contributed by atoms with van der Waals surface area (Å²) in [6, 6.07) is 9.42. The molecular weight excluding hydrogens is 300 g/mol. The molecule has 1 amide bonds. The third-order valence-electron chi connectivity index (χ3n) is 3.32. The lowest BCUT2D eigenvalue weighted by Gasteiger charge is -2.13. The summed E-state index contributed by atoms with van der Waals surface area (Å²) in [5.41, 5.74) is 2.40.